The van der Waals surface area contributed by atoms with E-state index < -0.39 is 0 Å². The van der Waals surface area contributed by atoms with Crippen LogP contribution in [0.5, 0.6) is 0 Å². The third-order valence-corrected chi connectivity index (χ3v) is 10.1. The summed E-state index contributed by atoms with van der Waals surface area (Å²) in [7, 11) is 1.84. The Morgan fingerprint density at radius 1 is 0.958 bits per heavy atom. The lowest BCUT2D eigenvalue weighted by molar-refractivity contribution is -0.130. The standard InChI is InChI=1S/C39H50ClN5O3/c1-9-28-25(5)34-22-37-29(10-2)24(4)33(42-37)21-35-26(6)30(11-12-38(46)45(8)14-16-48-18-17-47-15-13-40)39(44-35)27(7)32-19-23(3)31(41-32)20-36(28)43-34/h10,19-22,26,30,42-43H,2,9,11-18H2,1,3-8H3/t26?,30-/m0/s1. The van der Waals surface area contributed by atoms with Crippen molar-refractivity contribution < 1.29 is 14.3 Å². The molecule has 0 fully saturated rings. The fourth-order valence-electron chi connectivity index (χ4n) is 6.86. The van der Waals surface area contributed by atoms with Crippen LogP contribution in [-0.4, -0.2) is 76.6 Å². The molecule has 8 bridgehead atoms. The number of nitrogens with zero attached hydrogens (tertiary/aromatic N) is 3. The number of rotatable bonds is 13. The van der Waals surface area contributed by atoms with Crippen molar-refractivity contribution in [1.82, 2.24) is 24.8 Å². The van der Waals surface area contributed by atoms with Crippen molar-refractivity contribution in [3.05, 3.63) is 75.4 Å². The minimum Gasteiger partial charge on any atom is -0.378 e. The van der Waals surface area contributed by atoms with Gasteiger partial charge in [0.05, 0.1) is 37.8 Å². The predicted molar refractivity (Wildman–Crippen MR) is 199 cm³/mol. The molecule has 5 rings (SSSR count). The summed E-state index contributed by atoms with van der Waals surface area (Å²) in [5.74, 6) is 0.753. The molecule has 3 aromatic heterocycles. The molecule has 0 aromatic carbocycles. The van der Waals surface area contributed by atoms with Crippen LogP contribution >= 0.6 is 11.6 Å². The number of ether oxygens (including phenoxy) is 2. The van der Waals surface area contributed by atoms with E-state index in [1.165, 1.54) is 11.1 Å². The largest absolute Gasteiger partial charge is 0.378 e. The first-order valence-electron chi connectivity index (χ1n) is 17.1. The summed E-state index contributed by atoms with van der Waals surface area (Å²) in [6.07, 6.45) is 6.11. The van der Waals surface area contributed by atoms with Gasteiger partial charge in [0.15, 0.2) is 0 Å². The molecule has 5 heterocycles. The number of aryl methyl sites for hydroxylation is 3. The van der Waals surface area contributed by atoms with Crippen LogP contribution in [0.3, 0.4) is 0 Å². The number of amides is 1. The third-order valence-electron chi connectivity index (χ3n) is 9.94. The van der Waals surface area contributed by atoms with Crippen LogP contribution in [0.15, 0.2) is 24.8 Å². The fraction of sp³-hybridized carbons (Fsp3) is 0.462. The number of aromatic amines is 2. The average molecular weight is 672 g/mol. The molecule has 1 amide bonds. The van der Waals surface area contributed by atoms with E-state index in [1.807, 2.05) is 13.1 Å². The smallest absolute Gasteiger partial charge is 0.222 e. The van der Waals surface area contributed by atoms with E-state index in [9.17, 15) is 4.79 Å². The van der Waals surface area contributed by atoms with Crippen molar-refractivity contribution in [2.45, 2.75) is 72.6 Å². The molecule has 2 N–H and O–H groups in total. The van der Waals surface area contributed by atoms with Crippen LogP contribution in [0.1, 0.15) is 96.0 Å². The van der Waals surface area contributed by atoms with Gasteiger partial charge in [-0.25, -0.2) is 4.98 Å². The van der Waals surface area contributed by atoms with Crippen LogP contribution in [0, 0.1) is 20.8 Å². The summed E-state index contributed by atoms with van der Waals surface area (Å²) >= 11 is 5.64. The Kier molecular flexibility index (Phi) is 11.6. The zero-order chi connectivity index (χ0) is 34.5. The molecular formula is C39H50ClN5O3. The molecular weight excluding hydrogens is 622 g/mol. The number of halogens is 1. The molecule has 1 unspecified atom stereocenters. The van der Waals surface area contributed by atoms with Gasteiger partial charge in [-0.15, -0.1) is 11.6 Å². The Morgan fingerprint density at radius 3 is 2.38 bits per heavy atom. The van der Waals surface area contributed by atoms with Gasteiger partial charge >= 0.3 is 0 Å². The van der Waals surface area contributed by atoms with Gasteiger partial charge in [-0.2, -0.15) is 0 Å². The highest BCUT2D eigenvalue weighted by Gasteiger charge is 2.31. The van der Waals surface area contributed by atoms with E-state index >= 15 is 0 Å². The quantitative estimate of drug-likeness (QED) is 0.141. The number of likely N-dealkylation sites (N-methyl/N-ethyl adjacent to an activating group) is 1. The molecule has 0 saturated carbocycles. The minimum atomic E-state index is 0.0733. The molecule has 0 saturated heterocycles. The summed E-state index contributed by atoms with van der Waals surface area (Å²) in [5, 5.41) is 0. The van der Waals surface area contributed by atoms with Crippen LogP contribution in [-0.2, 0) is 20.7 Å². The molecule has 0 aliphatic carbocycles. The van der Waals surface area contributed by atoms with Crippen molar-refractivity contribution in [3.8, 4) is 0 Å². The lowest BCUT2D eigenvalue weighted by Crippen LogP contribution is -2.30. The van der Waals surface area contributed by atoms with E-state index in [1.54, 1.807) is 4.90 Å². The van der Waals surface area contributed by atoms with E-state index in [4.69, 9.17) is 31.0 Å². The van der Waals surface area contributed by atoms with Gasteiger partial charge in [0.25, 0.3) is 0 Å². The van der Waals surface area contributed by atoms with E-state index in [-0.39, 0.29) is 17.7 Å². The highest BCUT2D eigenvalue weighted by Crippen LogP contribution is 2.42. The van der Waals surface area contributed by atoms with Crippen LogP contribution < -0.4 is 0 Å². The fourth-order valence-corrected chi connectivity index (χ4v) is 6.96. The summed E-state index contributed by atoms with van der Waals surface area (Å²) in [5.41, 5.74) is 15.0. The van der Waals surface area contributed by atoms with Gasteiger partial charge in [-0.1, -0.05) is 26.5 Å². The number of hydrogen-bond donors (Lipinski definition) is 2. The van der Waals surface area contributed by atoms with Gasteiger partial charge < -0.3 is 24.3 Å². The Bertz CT molecular complexity index is 1870. The number of hydrogen-bond acceptors (Lipinski definition) is 5. The van der Waals surface area contributed by atoms with E-state index in [2.05, 4.69) is 82.4 Å². The summed E-state index contributed by atoms with van der Waals surface area (Å²) in [6, 6.07) is 6.55. The zero-order valence-corrected chi connectivity index (χ0v) is 30.3. The van der Waals surface area contributed by atoms with Crippen molar-refractivity contribution in [2.75, 3.05) is 45.9 Å². The molecule has 0 radical (unpaired) electrons. The van der Waals surface area contributed by atoms with Gasteiger partial charge in [0.1, 0.15) is 0 Å². The first-order chi connectivity index (χ1) is 23.1. The lowest BCUT2D eigenvalue weighted by Gasteiger charge is -2.21. The predicted octanol–water partition coefficient (Wildman–Crippen LogP) is 8.40. The summed E-state index contributed by atoms with van der Waals surface area (Å²) in [4.78, 5) is 32.8. The number of carbonyl (C=O) groups is 1. The third kappa shape index (κ3) is 7.46. The van der Waals surface area contributed by atoms with Gasteiger partial charge in [0.2, 0.25) is 5.91 Å². The molecule has 0 spiro atoms. The Labute approximate surface area is 289 Å². The Hall–Kier alpha value is -3.72. The minimum absolute atomic E-state index is 0.0733. The van der Waals surface area contributed by atoms with Gasteiger partial charge in [0, 0.05) is 76.7 Å². The molecule has 48 heavy (non-hydrogen) atoms. The van der Waals surface area contributed by atoms with Gasteiger partial charge in [-0.3, -0.25) is 9.78 Å². The first kappa shape index (κ1) is 35.6. The monoisotopic (exact) mass is 671 g/mol. The van der Waals surface area contributed by atoms with Crippen molar-refractivity contribution in [1.29, 1.82) is 0 Å². The van der Waals surface area contributed by atoms with Gasteiger partial charge in [-0.05, 0) is 92.6 Å². The highest BCUT2D eigenvalue weighted by molar-refractivity contribution is 6.17. The maximum absolute atomic E-state index is 13.3. The molecule has 256 valence electrons. The maximum atomic E-state index is 13.3. The molecule has 2 aliphatic rings. The number of allylic oxidation sites excluding steroid dienone is 1. The molecule has 2 atom stereocenters. The second-order valence-corrected chi connectivity index (χ2v) is 13.3. The van der Waals surface area contributed by atoms with Crippen molar-refractivity contribution in [3.63, 3.8) is 0 Å². The summed E-state index contributed by atoms with van der Waals surface area (Å²) in [6.45, 7) is 19.6. The average Bonchev–Trinajstić information content (AvgIpc) is 3.77. The topological polar surface area (TPSA) is 96.1 Å². The second kappa shape index (κ2) is 15.7. The number of H-pyrrole nitrogens is 2. The SMILES string of the molecule is C=Cc1c(C)c2cc3nc(c(C)c4nc(cc5[nH]c(cc1[nH]2)c(C)c5CC)C(C)=C4)[C@@H](CCC(=O)N(C)CCOCCOCCCl)C3C. The molecule has 3 aromatic rings. The number of nitrogens with one attached hydrogen (secondary N) is 2. The molecule has 8 nitrogen and oxygen atoms in total. The van der Waals surface area contributed by atoms with Crippen molar-refractivity contribution >= 4 is 57.3 Å². The maximum Gasteiger partial charge on any atom is 0.222 e. The van der Waals surface area contributed by atoms with Crippen LogP contribution in [0.25, 0.3) is 39.8 Å². The number of alkyl halides is 1. The second-order valence-electron chi connectivity index (χ2n) is 13.0. The van der Waals surface area contributed by atoms with E-state index in [0.717, 1.165) is 73.5 Å². The molecule has 9 heteroatoms. The summed E-state index contributed by atoms with van der Waals surface area (Å²) < 4.78 is 11.0. The van der Waals surface area contributed by atoms with E-state index in [0.29, 0.717) is 51.7 Å². The normalized spacial score (nSPS) is 15.9. The molecule has 2 aliphatic heterocycles. The van der Waals surface area contributed by atoms with Crippen molar-refractivity contribution in [2.24, 2.45) is 0 Å². The zero-order valence-electron chi connectivity index (χ0n) is 29.6. The number of carbonyl (C=O) groups excluding carboxylic acids is 1. The van der Waals surface area contributed by atoms with Crippen LogP contribution in [0.4, 0.5) is 0 Å². The van der Waals surface area contributed by atoms with Crippen LogP contribution in [0.2, 0.25) is 0 Å². The lowest BCUT2D eigenvalue weighted by atomic mass is 9.85. The first-order valence-corrected chi connectivity index (χ1v) is 17.6. The Morgan fingerprint density at radius 2 is 1.67 bits per heavy atom. The Balaban J connectivity index is 1.54. The number of aromatic nitrogens is 4. The number of fused-ring (bicyclic) bond motifs is 8. The highest BCUT2D eigenvalue weighted by atomic mass is 35.5.